The predicted molar refractivity (Wildman–Crippen MR) is 84.1 cm³/mol. The van der Waals surface area contributed by atoms with Gasteiger partial charge in [-0.05, 0) is 29.2 Å². The van der Waals surface area contributed by atoms with Crippen LogP contribution in [0, 0.1) is 0 Å². The van der Waals surface area contributed by atoms with Crippen molar-refractivity contribution in [2.75, 3.05) is 13.3 Å². The number of fused-ring (bicyclic) bond motifs is 1. The van der Waals surface area contributed by atoms with E-state index in [-0.39, 0.29) is 6.79 Å². The molecule has 4 heteroatoms. The highest BCUT2D eigenvalue weighted by molar-refractivity contribution is 6.32. The lowest BCUT2D eigenvalue weighted by atomic mass is 10.0. The van der Waals surface area contributed by atoms with E-state index in [1.54, 1.807) is 0 Å². The van der Waals surface area contributed by atoms with Crippen molar-refractivity contribution in [2.24, 2.45) is 0 Å². The maximum atomic E-state index is 6.18. The number of hydrogen-bond acceptors (Lipinski definition) is 3. The Morgan fingerprint density at radius 3 is 2.81 bits per heavy atom. The maximum absolute atomic E-state index is 6.18. The van der Waals surface area contributed by atoms with Gasteiger partial charge in [0.1, 0.15) is 0 Å². The molecule has 1 heterocycles. The van der Waals surface area contributed by atoms with Gasteiger partial charge in [0.15, 0.2) is 11.5 Å². The van der Waals surface area contributed by atoms with Crippen LogP contribution in [0.5, 0.6) is 11.5 Å². The molecule has 0 amide bonds. The van der Waals surface area contributed by atoms with Gasteiger partial charge in [0.25, 0.3) is 0 Å². The molecule has 0 radical (unpaired) electrons. The first kappa shape index (κ1) is 14.2. The molecule has 21 heavy (non-hydrogen) atoms. The molecule has 1 N–H and O–H groups in total. The number of hydrogen-bond donors (Lipinski definition) is 1. The van der Waals surface area contributed by atoms with Gasteiger partial charge in [-0.3, -0.25) is 0 Å². The smallest absolute Gasteiger partial charge is 0.231 e. The average molecular weight is 304 g/mol. The standard InChI is InChI=1S/C17H18ClNO2/c1-12(14-5-3-2-4-6-14)9-19-10-13-7-15(18)17-16(8-13)20-11-21-17/h2-8,12,19H,9-11H2,1H3. The Labute approximate surface area is 129 Å². The van der Waals surface area contributed by atoms with Crippen molar-refractivity contribution in [3.8, 4) is 11.5 Å². The first-order valence-corrected chi connectivity index (χ1v) is 7.45. The minimum Gasteiger partial charge on any atom is -0.454 e. The Hall–Kier alpha value is -1.71. The predicted octanol–water partition coefficient (Wildman–Crippen LogP) is 3.96. The van der Waals surface area contributed by atoms with Gasteiger partial charge in [-0.1, -0.05) is 48.9 Å². The van der Waals surface area contributed by atoms with Gasteiger partial charge >= 0.3 is 0 Å². The lowest BCUT2D eigenvalue weighted by Gasteiger charge is -2.13. The van der Waals surface area contributed by atoms with Crippen molar-refractivity contribution >= 4 is 11.6 Å². The van der Waals surface area contributed by atoms with Gasteiger partial charge < -0.3 is 14.8 Å². The molecule has 0 fully saturated rings. The fraction of sp³-hybridized carbons (Fsp3) is 0.294. The van der Waals surface area contributed by atoms with Crippen LogP contribution in [0.25, 0.3) is 0 Å². The van der Waals surface area contributed by atoms with Crippen LogP contribution < -0.4 is 14.8 Å². The minimum absolute atomic E-state index is 0.247. The van der Waals surface area contributed by atoms with Crippen molar-refractivity contribution in [1.82, 2.24) is 5.32 Å². The van der Waals surface area contributed by atoms with Crippen molar-refractivity contribution in [3.63, 3.8) is 0 Å². The lowest BCUT2D eigenvalue weighted by molar-refractivity contribution is 0.174. The molecule has 1 atom stereocenters. The molecule has 0 saturated heterocycles. The zero-order chi connectivity index (χ0) is 14.7. The van der Waals surface area contributed by atoms with Crippen LogP contribution in [0.2, 0.25) is 5.02 Å². The van der Waals surface area contributed by atoms with Gasteiger partial charge in [0.05, 0.1) is 5.02 Å². The summed E-state index contributed by atoms with van der Waals surface area (Å²) in [6.07, 6.45) is 0. The number of rotatable bonds is 5. The van der Waals surface area contributed by atoms with Gasteiger partial charge in [-0.15, -0.1) is 0 Å². The van der Waals surface area contributed by atoms with Gasteiger partial charge in [0, 0.05) is 13.1 Å². The van der Waals surface area contributed by atoms with Gasteiger partial charge in [-0.2, -0.15) is 0 Å². The molecule has 1 unspecified atom stereocenters. The molecule has 2 aromatic rings. The third kappa shape index (κ3) is 3.31. The molecule has 0 saturated carbocycles. The fourth-order valence-electron chi connectivity index (χ4n) is 2.46. The Morgan fingerprint density at radius 1 is 1.19 bits per heavy atom. The Balaban J connectivity index is 1.57. The van der Waals surface area contributed by atoms with Crippen molar-refractivity contribution in [3.05, 3.63) is 58.6 Å². The third-order valence-electron chi connectivity index (χ3n) is 3.64. The Bertz CT molecular complexity index is 616. The molecule has 0 bridgehead atoms. The van der Waals surface area contributed by atoms with E-state index >= 15 is 0 Å². The average Bonchev–Trinajstić information content (AvgIpc) is 2.97. The maximum Gasteiger partial charge on any atom is 0.231 e. The summed E-state index contributed by atoms with van der Waals surface area (Å²) >= 11 is 6.18. The van der Waals surface area contributed by atoms with E-state index in [0.29, 0.717) is 16.7 Å². The van der Waals surface area contributed by atoms with E-state index in [1.165, 1.54) is 5.56 Å². The number of ether oxygens (including phenoxy) is 2. The molecule has 1 aliphatic heterocycles. The second-order valence-electron chi connectivity index (χ2n) is 5.25. The first-order valence-electron chi connectivity index (χ1n) is 7.07. The largest absolute Gasteiger partial charge is 0.454 e. The second kappa shape index (κ2) is 6.37. The summed E-state index contributed by atoms with van der Waals surface area (Å²) in [5.74, 6) is 1.85. The van der Waals surface area contributed by atoms with E-state index in [4.69, 9.17) is 21.1 Å². The van der Waals surface area contributed by atoms with E-state index < -0.39 is 0 Å². The van der Waals surface area contributed by atoms with E-state index in [1.807, 2.05) is 18.2 Å². The summed E-state index contributed by atoms with van der Waals surface area (Å²) in [5, 5.41) is 4.07. The molecule has 3 rings (SSSR count). The van der Waals surface area contributed by atoms with Crippen LogP contribution in [0.4, 0.5) is 0 Å². The topological polar surface area (TPSA) is 30.5 Å². The summed E-state index contributed by atoms with van der Waals surface area (Å²) in [6.45, 7) is 4.13. The lowest BCUT2D eigenvalue weighted by Crippen LogP contribution is -2.19. The second-order valence-corrected chi connectivity index (χ2v) is 5.66. The zero-order valence-electron chi connectivity index (χ0n) is 11.9. The fourth-order valence-corrected chi connectivity index (χ4v) is 2.74. The normalized spacial score (nSPS) is 14.2. The van der Waals surface area contributed by atoms with E-state index in [9.17, 15) is 0 Å². The molecule has 0 aromatic heterocycles. The van der Waals surface area contributed by atoms with Crippen molar-refractivity contribution < 1.29 is 9.47 Å². The molecular weight excluding hydrogens is 286 g/mol. The third-order valence-corrected chi connectivity index (χ3v) is 3.92. The molecule has 2 aromatic carbocycles. The van der Waals surface area contributed by atoms with Gasteiger partial charge in [-0.25, -0.2) is 0 Å². The number of nitrogens with one attached hydrogen (secondary N) is 1. The van der Waals surface area contributed by atoms with Crippen molar-refractivity contribution in [2.45, 2.75) is 19.4 Å². The zero-order valence-corrected chi connectivity index (χ0v) is 12.7. The van der Waals surface area contributed by atoms with Gasteiger partial charge in [0.2, 0.25) is 6.79 Å². The van der Waals surface area contributed by atoms with Crippen molar-refractivity contribution in [1.29, 1.82) is 0 Å². The molecule has 0 spiro atoms. The summed E-state index contributed by atoms with van der Waals surface area (Å²) in [5.41, 5.74) is 2.44. The highest BCUT2D eigenvalue weighted by Gasteiger charge is 2.18. The summed E-state index contributed by atoms with van der Waals surface area (Å²) < 4.78 is 10.7. The highest BCUT2D eigenvalue weighted by Crippen LogP contribution is 2.39. The highest BCUT2D eigenvalue weighted by atomic mass is 35.5. The summed E-state index contributed by atoms with van der Waals surface area (Å²) in [6, 6.07) is 14.4. The Kier molecular flexibility index (Phi) is 4.32. The molecule has 3 nitrogen and oxygen atoms in total. The van der Waals surface area contributed by atoms with Crippen LogP contribution in [0.15, 0.2) is 42.5 Å². The first-order chi connectivity index (χ1) is 10.2. The molecular formula is C17H18ClNO2. The van der Waals surface area contributed by atoms with Crippen LogP contribution in [-0.4, -0.2) is 13.3 Å². The monoisotopic (exact) mass is 303 g/mol. The minimum atomic E-state index is 0.247. The van der Waals surface area contributed by atoms with Crippen LogP contribution in [-0.2, 0) is 6.54 Å². The quantitative estimate of drug-likeness (QED) is 0.907. The number of benzene rings is 2. The van der Waals surface area contributed by atoms with Crippen LogP contribution in [0.1, 0.15) is 24.0 Å². The van der Waals surface area contributed by atoms with E-state index in [0.717, 1.165) is 24.4 Å². The Morgan fingerprint density at radius 2 is 2.00 bits per heavy atom. The van der Waals surface area contributed by atoms with E-state index in [2.05, 4.69) is 36.5 Å². The van der Waals surface area contributed by atoms with Crippen LogP contribution >= 0.6 is 11.6 Å². The summed E-state index contributed by atoms with van der Waals surface area (Å²) in [7, 11) is 0. The molecule has 0 aliphatic carbocycles. The van der Waals surface area contributed by atoms with Crippen LogP contribution in [0.3, 0.4) is 0 Å². The SMILES string of the molecule is CC(CNCc1cc(Cl)c2c(c1)OCO2)c1ccccc1. The number of halogens is 1. The summed E-state index contributed by atoms with van der Waals surface area (Å²) in [4.78, 5) is 0. The molecule has 1 aliphatic rings. The molecule has 110 valence electrons.